The van der Waals surface area contributed by atoms with Gasteiger partial charge in [0.1, 0.15) is 6.33 Å². The molecule has 0 bridgehead atoms. The van der Waals surface area contributed by atoms with E-state index in [-0.39, 0.29) is 0 Å². The first-order valence-corrected chi connectivity index (χ1v) is 5.71. The molecule has 0 aliphatic carbocycles. The van der Waals surface area contributed by atoms with Crippen molar-refractivity contribution in [1.82, 2.24) is 15.3 Å². The fourth-order valence-electron chi connectivity index (χ4n) is 1.92. The zero-order valence-electron chi connectivity index (χ0n) is 9.57. The molecule has 1 atom stereocenters. The number of rotatable bonds is 4. The third-order valence-electron chi connectivity index (χ3n) is 2.83. The van der Waals surface area contributed by atoms with Crippen LogP contribution >= 0.6 is 0 Å². The Morgan fingerprint density at radius 1 is 1.56 bits per heavy atom. The number of ether oxygens (including phenoxy) is 1. The van der Waals surface area contributed by atoms with Gasteiger partial charge in [0.15, 0.2) is 11.6 Å². The Morgan fingerprint density at radius 3 is 3.25 bits per heavy atom. The molecule has 1 aromatic rings. The lowest BCUT2D eigenvalue weighted by atomic mass is 10.1. The molecule has 1 fully saturated rings. The molecule has 5 heteroatoms. The van der Waals surface area contributed by atoms with Crippen molar-refractivity contribution in [1.29, 1.82) is 0 Å². The minimum absolute atomic E-state index is 0.536. The Labute approximate surface area is 95.6 Å². The Morgan fingerprint density at radius 2 is 2.50 bits per heavy atom. The Bertz CT molecular complexity index is 326. The molecule has 5 nitrogen and oxygen atoms in total. The highest BCUT2D eigenvalue weighted by Gasteiger charge is 2.13. The van der Waals surface area contributed by atoms with Crippen molar-refractivity contribution in [2.75, 3.05) is 25.5 Å². The largest absolute Gasteiger partial charge is 0.491 e. The second-order valence-electron chi connectivity index (χ2n) is 3.97. The van der Waals surface area contributed by atoms with Crippen LogP contribution in [0, 0.1) is 0 Å². The molecule has 0 amide bonds. The summed E-state index contributed by atoms with van der Waals surface area (Å²) in [6.45, 7) is 2.00. The molecule has 1 aliphatic heterocycles. The van der Waals surface area contributed by atoms with Crippen molar-refractivity contribution >= 4 is 5.82 Å². The summed E-state index contributed by atoms with van der Waals surface area (Å²) in [7, 11) is 1.63. The summed E-state index contributed by atoms with van der Waals surface area (Å²) in [5.41, 5.74) is 0. The molecule has 1 aromatic heterocycles. The fourth-order valence-corrected chi connectivity index (χ4v) is 1.92. The first-order valence-electron chi connectivity index (χ1n) is 5.71. The van der Waals surface area contributed by atoms with Gasteiger partial charge in [-0.3, -0.25) is 0 Å². The van der Waals surface area contributed by atoms with E-state index in [4.69, 9.17) is 4.74 Å². The summed E-state index contributed by atoms with van der Waals surface area (Å²) in [4.78, 5) is 8.08. The van der Waals surface area contributed by atoms with Gasteiger partial charge in [0.25, 0.3) is 0 Å². The number of hydrogen-bond donors (Lipinski definition) is 2. The van der Waals surface area contributed by atoms with Crippen LogP contribution in [-0.4, -0.2) is 36.2 Å². The second kappa shape index (κ2) is 5.65. The number of hydrogen-bond acceptors (Lipinski definition) is 5. The van der Waals surface area contributed by atoms with Crippen LogP contribution in [0.1, 0.15) is 19.3 Å². The maximum absolute atomic E-state index is 5.18. The fraction of sp³-hybridized carbons (Fsp3) is 0.636. The van der Waals surface area contributed by atoms with Gasteiger partial charge in [0.2, 0.25) is 0 Å². The average Bonchev–Trinajstić information content (AvgIpc) is 2.38. The molecule has 0 aromatic carbocycles. The highest BCUT2D eigenvalue weighted by atomic mass is 16.5. The van der Waals surface area contributed by atoms with Gasteiger partial charge in [-0.15, -0.1) is 0 Å². The molecule has 1 saturated heterocycles. The van der Waals surface area contributed by atoms with Crippen LogP contribution in [-0.2, 0) is 0 Å². The Kier molecular flexibility index (Phi) is 3.93. The van der Waals surface area contributed by atoms with Crippen LogP contribution in [0.25, 0.3) is 0 Å². The van der Waals surface area contributed by atoms with Gasteiger partial charge >= 0.3 is 0 Å². The molecular weight excluding hydrogens is 204 g/mol. The molecule has 88 valence electrons. The molecule has 0 radical (unpaired) electrons. The van der Waals surface area contributed by atoms with Crippen LogP contribution in [0.4, 0.5) is 5.82 Å². The predicted octanol–water partition coefficient (Wildman–Crippen LogP) is 1.04. The average molecular weight is 222 g/mol. The van der Waals surface area contributed by atoms with E-state index in [0.29, 0.717) is 11.8 Å². The molecule has 2 N–H and O–H groups in total. The summed E-state index contributed by atoms with van der Waals surface area (Å²) >= 11 is 0. The van der Waals surface area contributed by atoms with Crippen LogP contribution < -0.4 is 15.4 Å². The van der Waals surface area contributed by atoms with Crippen molar-refractivity contribution < 1.29 is 4.74 Å². The van der Waals surface area contributed by atoms with Crippen molar-refractivity contribution in [2.24, 2.45) is 0 Å². The quantitative estimate of drug-likeness (QED) is 0.797. The first-order chi connectivity index (χ1) is 7.90. The number of methoxy groups -OCH3 is 1. The van der Waals surface area contributed by atoms with E-state index in [9.17, 15) is 0 Å². The predicted molar refractivity (Wildman–Crippen MR) is 62.7 cm³/mol. The third kappa shape index (κ3) is 2.82. The zero-order valence-corrected chi connectivity index (χ0v) is 9.57. The summed E-state index contributed by atoms with van der Waals surface area (Å²) in [6, 6.07) is 0.536. The van der Waals surface area contributed by atoms with Crippen molar-refractivity contribution in [3.05, 3.63) is 12.5 Å². The lowest BCUT2D eigenvalue weighted by molar-refractivity contribution is 0.405. The first kappa shape index (κ1) is 11.1. The van der Waals surface area contributed by atoms with Crippen LogP contribution in [0.15, 0.2) is 12.5 Å². The van der Waals surface area contributed by atoms with Gasteiger partial charge in [-0.05, 0) is 19.4 Å². The number of piperidine rings is 1. The molecule has 16 heavy (non-hydrogen) atoms. The standard InChI is InChI=1S/C11H18N4O/c1-16-10-7-12-8-15-11(10)14-6-9-4-2-3-5-13-9/h7-9,13H,2-6H2,1H3,(H,12,14,15). The van der Waals surface area contributed by atoms with Gasteiger partial charge in [-0.2, -0.15) is 0 Å². The molecule has 2 rings (SSSR count). The maximum Gasteiger partial charge on any atom is 0.179 e. The van der Waals surface area contributed by atoms with Crippen LogP contribution in [0.2, 0.25) is 0 Å². The van der Waals surface area contributed by atoms with E-state index < -0.39 is 0 Å². The molecule has 1 unspecified atom stereocenters. The van der Waals surface area contributed by atoms with Gasteiger partial charge in [-0.1, -0.05) is 6.42 Å². The second-order valence-corrected chi connectivity index (χ2v) is 3.97. The topological polar surface area (TPSA) is 59.1 Å². The van der Waals surface area contributed by atoms with E-state index in [1.807, 2.05) is 0 Å². The maximum atomic E-state index is 5.18. The van der Waals surface area contributed by atoms with Crippen molar-refractivity contribution in [2.45, 2.75) is 25.3 Å². The summed E-state index contributed by atoms with van der Waals surface area (Å²) in [6.07, 6.45) is 7.01. The Hall–Kier alpha value is -1.36. The molecule has 0 spiro atoms. The Balaban J connectivity index is 1.88. The number of anilines is 1. The van der Waals surface area contributed by atoms with E-state index in [0.717, 1.165) is 18.9 Å². The van der Waals surface area contributed by atoms with Gasteiger partial charge < -0.3 is 15.4 Å². The van der Waals surface area contributed by atoms with E-state index >= 15 is 0 Å². The smallest absolute Gasteiger partial charge is 0.179 e. The molecule has 1 aliphatic rings. The van der Waals surface area contributed by atoms with Crippen LogP contribution in [0.5, 0.6) is 5.75 Å². The highest BCUT2D eigenvalue weighted by molar-refractivity contribution is 5.47. The van der Waals surface area contributed by atoms with Gasteiger partial charge in [0, 0.05) is 12.6 Å². The van der Waals surface area contributed by atoms with E-state index in [2.05, 4.69) is 20.6 Å². The van der Waals surface area contributed by atoms with E-state index in [1.54, 1.807) is 13.3 Å². The SMILES string of the molecule is COc1cncnc1NCC1CCCCN1. The number of nitrogens with one attached hydrogen (secondary N) is 2. The third-order valence-corrected chi connectivity index (χ3v) is 2.83. The molecule has 0 saturated carbocycles. The van der Waals surface area contributed by atoms with E-state index in [1.165, 1.54) is 25.6 Å². The monoisotopic (exact) mass is 222 g/mol. The normalized spacial score (nSPS) is 20.4. The lowest BCUT2D eigenvalue weighted by Gasteiger charge is -2.24. The van der Waals surface area contributed by atoms with Crippen LogP contribution in [0.3, 0.4) is 0 Å². The minimum Gasteiger partial charge on any atom is -0.491 e. The summed E-state index contributed by atoms with van der Waals surface area (Å²) in [5.74, 6) is 1.46. The van der Waals surface area contributed by atoms with Crippen molar-refractivity contribution in [3.63, 3.8) is 0 Å². The number of aromatic nitrogens is 2. The molecular formula is C11H18N4O. The number of nitrogens with zero attached hydrogens (tertiary/aromatic N) is 2. The summed E-state index contributed by atoms with van der Waals surface area (Å²) in [5, 5.41) is 6.78. The molecule has 2 heterocycles. The van der Waals surface area contributed by atoms with Crippen molar-refractivity contribution in [3.8, 4) is 5.75 Å². The van der Waals surface area contributed by atoms with Gasteiger partial charge in [-0.25, -0.2) is 9.97 Å². The minimum atomic E-state index is 0.536. The zero-order chi connectivity index (χ0) is 11.2. The summed E-state index contributed by atoms with van der Waals surface area (Å²) < 4.78 is 5.18. The van der Waals surface area contributed by atoms with Gasteiger partial charge in [0.05, 0.1) is 13.3 Å². The lowest BCUT2D eigenvalue weighted by Crippen LogP contribution is -2.39. The highest BCUT2D eigenvalue weighted by Crippen LogP contribution is 2.19.